The van der Waals surface area contributed by atoms with E-state index in [0.717, 1.165) is 6.42 Å². The van der Waals surface area contributed by atoms with E-state index in [1.54, 1.807) is 0 Å². The van der Waals surface area contributed by atoms with Gasteiger partial charge in [-0.3, -0.25) is 0 Å². The quantitative estimate of drug-likeness (QED) is 0.771. The van der Waals surface area contributed by atoms with Gasteiger partial charge >= 0.3 is 6.01 Å². The first kappa shape index (κ1) is 11.3. The van der Waals surface area contributed by atoms with Gasteiger partial charge < -0.3 is 9.73 Å². The standard InChI is InChI=1S/C9H16ClN3O/c1-4-6(2)7(3)11-9-13-12-8(5-10)14-9/h6-7H,4-5H2,1-3H3,(H,11,13). The van der Waals surface area contributed by atoms with Gasteiger partial charge in [-0.15, -0.1) is 16.7 Å². The number of nitrogens with zero attached hydrogens (tertiary/aromatic N) is 2. The van der Waals surface area contributed by atoms with Gasteiger partial charge in [-0.1, -0.05) is 25.4 Å². The zero-order valence-electron chi connectivity index (χ0n) is 8.75. The Morgan fingerprint density at radius 3 is 2.64 bits per heavy atom. The molecule has 0 radical (unpaired) electrons. The Morgan fingerprint density at radius 2 is 2.14 bits per heavy atom. The molecule has 1 heterocycles. The van der Waals surface area contributed by atoms with Crippen LogP contribution in [-0.4, -0.2) is 16.2 Å². The summed E-state index contributed by atoms with van der Waals surface area (Å²) in [5, 5.41) is 10.7. The lowest BCUT2D eigenvalue weighted by molar-refractivity contribution is 0.465. The van der Waals surface area contributed by atoms with Gasteiger partial charge in [0, 0.05) is 6.04 Å². The number of nitrogens with one attached hydrogen (secondary N) is 1. The molecule has 0 aliphatic heterocycles. The van der Waals surface area contributed by atoms with E-state index in [2.05, 4.69) is 36.3 Å². The van der Waals surface area contributed by atoms with Crippen molar-refractivity contribution < 1.29 is 4.42 Å². The average Bonchev–Trinajstić information content (AvgIpc) is 2.64. The van der Waals surface area contributed by atoms with Crippen LogP contribution in [0.15, 0.2) is 4.42 Å². The number of alkyl halides is 1. The smallest absolute Gasteiger partial charge is 0.315 e. The van der Waals surface area contributed by atoms with Crippen LogP contribution >= 0.6 is 11.6 Å². The van der Waals surface area contributed by atoms with E-state index < -0.39 is 0 Å². The molecule has 0 fully saturated rings. The molecule has 0 aliphatic carbocycles. The molecule has 1 N–H and O–H groups in total. The lowest BCUT2D eigenvalue weighted by Crippen LogP contribution is -2.23. The predicted molar refractivity (Wildman–Crippen MR) is 56.4 cm³/mol. The summed E-state index contributed by atoms with van der Waals surface area (Å²) in [5.74, 6) is 1.28. The number of aromatic nitrogens is 2. The minimum atomic E-state index is 0.256. The van der Waals surface area contributed by atoms with Crippen LogP contribution in [0.25, 0.3) is 0 Å². The maximum atomic E-state index is 5.54. The fraction of sp³-hybridized carbons (Fsp3) is 0.778. The summed E-state index contributed by atoms with van der Waals surface area (Å²) < 4.78 is 5.23. The fourth-order valence-corrected chi connectivity index (χ4v) is 1.16. The molecule has 1 aromatic heterocycles. The lowest BCUT2D eigenvalue weighted by Gasteiger charge is -2.17. The monoisotopic (exact) mass is 217 g/mol. The van der Waals surface area contributed by atoms with Crippen LogP contribution in [0.4, 0.5) is 6.01 Å². The van der Waals surface area contributed by atoms with E-state index in [-0.39, 0.29) is 5.88 Å². The molecule has 80 valence electrons. The zero-order valence-corrected chi connectivity index (χ0v) is 9.51. The van der Waals surface area contributed by atoms with Gasteiger partial charge in [0.2, 0.25) is 5.89 Å². The molecule has 4 nitrogen and oxygen atoms in total. The van der Waals surface area contributed by atoms with E-state index in [1.807, 2.05) is 0 Å². The van der Waals surface area contributed by atoms with E-state index in [1.165, 1.54) is 0 Å². The molecule has 2 unspecified atom stereocenters. The maximum absolute atomic E-state index is 5.54. The van der Waals surface area contributed by atoms with Gasteiger partial charge in [0.15, 0.2) is 0 Å². The second-order valence-electron chi connectivity index (χ2n) is 3.45. The van der Waals surface area contributed by atoms with Crippen LogP contribution in [0, 0.1) is 5.92 Å². The molecule has 0 saturated carbocycles. The fourth-order valence-electron chi connectivity index (χ4n) is 1.06. The molecular weight excluding hydrogens is 202 g/mol. The first-order valence-corrected chi connectivity index (χ1v) is 5.35. The van der Waals surface area contributed by atoms with Crippen molar-refractivity contribution in [2.75, 3.05) is 5.32 Å². The van der Waals surface area contributed by atoms with Crippen molar-refractivity contribution in [3.8, 4) is 0 Å². The van der Waals surface area contributed by atoms with Gasteiger partial charge in [0.25, 0.3) is 0 Å². The van der Waals surface area contributed by atoms with Crippen LogP contribution in [0.2, 0.25) is 0 Å². The highest BCUT2D eigenvalue weighted by Crippen LogP contribution is 2.14. The van der Waals surface area contributed by atoms with E-state index in [0.29, 0.717) is 23.9 Å². The van der Waals surface area contributed by atoms with Gasteiger partial charge in [-0.2, -0.15) is 0 Å². The SMILES string of the molecule is CCC(C)C(C)Nc1nnc(CCl)o1. The normalized spacial score (nSPS) is 15.1. The number of anilines is 1. The third kappa shape index (κ3) is 2.87. The Labute approximate surface area is 89.0 Å². The van der Waals surface area contributed by atoms with Crippen molar-refractivity contribution in [1.82, 2.24) is 10.2 Å². The summed E-state index contributed by atoms with van der Waals surface area (Å²) in [7, 11) is 0. The molecule has 0 saturated heterocycles. The Balaban J connectivity index is 2.51. The number of hydrogen-bond donors (Lipinski definition) is 1. The topological polar surface area (TPSA) is 51.0 Å². The summed E-state index contributed by atoms with van der Waals surface area (Å²) in [6, 6.07) is 0.775. The van der Waals surface area contributed by atoms with Gasteiger partial charge in [0.05, 0.1) is 0 Å². The second-order valence-corrected chi connectivity index (χ2v) is 3.72. The van der Waals surface area contributed by atoms with Gasteiger partial charge in [0.1, 0.15) is 5.88 Å². The molecule has 0 amide bonds. The number of halogens is 1. The molecule has 0 aromatic carbocycles. The minimum Gasteiger partial charge on any atom is -0.407 e. The Bertz CT molecular complexity index is 277. The number of hydrogen-bond acceptors (Lipinski definition) is 4. The van der Waals surface area contributed by atoms with E-state index >= 15 is 0 Å². The zero-order chi connectivity index (χ0) is 10.6. The molecule has 14 heavy (non-hydrogen) atoms. The minimum absolute atomic E-state index is 0.256. The molecule has 0 bridgehead atoms. The van der Waals surface area contributed by atoms with Crippen LogP contribution in [0.3, 0.4) is 0 Å². The predicted octanol–water partition coefficient (Wildman–Crippen LogP) is 2.65. The van der Waals surface area contributed by atoms with Gasteiger partial charge in [-0.25, -0.2) is 0 Å². The van der Waals surface area contributed by atoms with Crippen molar-refractivity contribution in [1.29, 1.82) is 0 Å². The summed E-state index contributed by atoms with van der Waals surface area (Å²) in [5.41, 5.74) is 0. The van der Waals surface area contributed by atoms with Crippen LogP contribution in [0.1, 0.15) is 33.1 Å². The molecule has 0 aliphatic rings. The average molecular weight is 218 g/mol. The molecular formula is C9H16ClN3O. The molecule has 2 atom stereocenters. The Kier molecular flexibility index (Phi) is 4.20. The van der Waals surface area contributed by atoms with E-state index in [9.17, 15) is 0 Å². The third-order valence-corrected chi connectivity index (χ3v) is 2.66. The van der Waals surface area contributed by atoms with Crippen molar-refractivity contribution in [3.63, 3.8) is 0 Å². The third-order valence-electron chi connectivity index (χ3n) is 2.43. The van der Waals surface area contributed by atoms with Crippen molar-refractivity contribution in [2.24, 2.45) is 5.92 Å². The Morgan fingerprint density at radius 1 is 1.43 bits per heavy atom. The summed E-state index contributed by atoms with van der Waals surface area (Å²) >= 11 is 5.54. The van der Waals surface area contributed by atoms with Crippen LogP contribution < -0.4 is 5.32 Å². The number of rotatable bonds is 5. The maximum Gasteiger partial charge on any atom is 0.315 e. The first-order chi connectivity index (χ1) is 6.67. The largest absolute Gasteiger partial charge is 0.407 e. The summed E-state index contributed by atoms with van der Waals surface area (Å²) in [4.78, 5) is 0. The van der Waals surface area contributed by atoms with Gasteiger partial charge in [-0.05, 0) is 12.8 Å². The van der Waals surface area contributed by atoms with Crippen LogP contribution in [-0.2, 0) is 5.88 Å². The Hall–Kier alpha value is -0.770. The highest BCUT2D eigenvalue weighted by atomic mass is 35.5. The second kappa shape index (κ2) is 5.20. The molecule has 1 aromatic rings. The molecule has 1 rings (SSSR count). The van der Waals surface area contributed by atoms with Crippen molar-refractivity contribution in [3.05, 3.63) is 5.89 Å². The summed E-state index contributed by atoms with van der Waals surface area (Å²) in [6.07, 6.45) is 1.12. The summed E-state index contributed by atoms with van der Waals surface area (Å²) in [6.45, 7) is 6.43. The molecule has 0 spiro atoms. The molecule has 5 heteroatoms. The van der Waals surface area contributed by atoms with Crippen molar-refractivity contribution >= 4 is 17.6 Å². The first-order valence-electron chi connectivity index (χ1n) is 4.82. The highest BCUT2D eigenvalue weighted by molar-refractivity contribution is 6.16. The van der Waals surface area contributed by atoms with Crippen molar-refractivity contribution in [2.45, 2.75) is 39.1 Å². The van der Waals surface area contributed by atoms with E-state index in [4.69, 9.17) is 16.0 Å². The highest BCUT2D eigenvalue weighted by Gasteiger charge is 2.13. The lowest BCUT2D eigenvalue weighted by atomic mass is 10.0. The van der Waals surface area contributed by atoms with Crippen LogP contribution in [0.5, 0.6) is 0 Å².